The van der Waals surface area contributed by atoms with E-state index in [0.29, 0.717) is 22.1 Å². The van der Waals surface area contributed by atoms with E-state index in [1.807, 2.05) is 6.92 Å². The number of hydrogen-bond donors (Lipinski definition) is 1. The normalized spacial score (nSPS) is 10.8. The van der Waals surface area contributed by atoms with E-state index < -0.39 is 5.82 Å². The molecule has 124 valence electrons. The smallest absolute Gasteiger partial charge is 0.277 e. The third-order valence-electron chi connectivity index (χ3n) is 3.61. The number of benzene rings is 1. The lowest BCUT2D eigenvalue weighted by molar-refractivity contribution is 0.102. The Labute approximate surface area is 142 Å². The molecule has 0 atom stereocenters. The zero-order chi connectivity index (χ0) is 17.3. The van der Waals surface area contributed by atoms with Crippen molar-refractivity contribution in [2.75, 3.05) is 5.32 Å². The van der Waals surface area contributed by atoms with Crippen LogP contribution >= 0.6 is 11.6 Å². The van der Waals surface area contributed by atoms with Gasteiger partial charge in [0.1, 0.15) is 5.82 Å². The van der Waals surface area contributed by atoms with Crippen molar-refractivity contribution < 1.29 is 9.18 Å². The van der Waals surface area contributed by atoms with Crippen LogP contribution in [0.1, 0.15) is 21.7 Å². The molecule has 8 heteroatoms. The summed E-state index contributed by atoms with van der Waals surface area (Å²) in [4.78, 5) is 12.1. The Kier molecular flexibility index (Phi) is 4.35. The van der Waals surface area contributed by atoms with E-state index in [2.05, 4.69) is 15.5 Å². The molecule has 1 N–H and O–H groups in total. The van der Waals surface area contributed by atoms with Gasteiger partial charge >= 0.3 is 0 Å². The number of halogens is 2. The topological polar surface area (TPSA) is 64.7 Å². The highest BCUT2D eigenvalue weighted by Gasteiger charge is 2.13. The maximum Gasteiger partial charge on any atom is 0.277 e. The summed E-state index contributed by atoms with van der Waals surface area (Å²) in [5.41, 5.74) is 1.53. The van der Waals surface area contributed by atoms with Gasteiger partial charge in [-0.2, -0.15) is 10.2 Å². The lowest BCUT2D eigenvalue weighted by Crippen LogP contribution is -2.14. The summed E-state index contributed by atoms with van der Waals surface area (Å²) in [7, 11) is 1.76. The summed E-state index contributed by atoms with van der Waals surface area (Å²) in [5.74, 6) is -0.392. The van der Waals surface area contributed by atoms with Crippen LogP contribution in [0.4, 0.5) is 10.2 Å². The number of carbonyl (C=O) groups excluding carboxylic acids is 1. The molecule has 3 rings (SSSR count). The van der Waals surface area contributed by atoms with Gasteiger partial charge in [0.25, 0.3) is 5.91 Å². The molecule has 0 unspecified atom stereocenters. The second-order valence-electron chi connectivity index (χ2n) is 5.35. The Balaban J connectivity index is 1.73. The Hall–Kier alpha value is -2.67. The molecule has 3 aromatic rings. The maximum absolute atomic E-state index is 13.8. The van der Waals surface area contributed by atoms with Gasteiger partial charge in [-0.25, -0.2) is 4.39 Å². The first kappa shape index (κ1) is 16.2. The first-order valence-corrected chi connectivity index (χ1v) is 7.60. The van der Waals surface area contributed by atoms with Crippen molar-refractivity contribution in [3.8, 4) is 0 Å². The lowest BCUT2D eigenvalue weighted by Gasteiger charge is -2.06. The van der Waals surface area contributed by atoms with E-state index in [9.17, 15) is 9.18 Å². The average molecular weight is 348 g/mol. The van der Waals surface area contributed by atoms with Gasteiger partial charge < -0.3 is 5.32 Å². The Morgan fingerprint density at radius 3 is 2.79 bits per heavy atom. The molecule has 0 spiro atoms. The molecule has 0 saturated heterocycles. The highest BCUT2D eigenvalue weighted by molar-refractivity contribution is 6.31. The summed E-state index contributed by atoms with van der Waals surface area (Å²) < 4.78 is 16.9. The number of amides is 1. The van der Waals surface area contributed by atoms with E-state index in [1.165, 1.54) is 10.7 Å². The van der Waals surface area contributed by atoms with E-state index in [4.69, 9.17) is 11.6 Å². The predicted molar refractivity (Wildman–Crippen MR) is 88.6 cm³/mol. The van der Waals surface area contributed by atoms with Crippen LogP contribution in [0.3, 0.4) is 0 Å². The fraction of sp³-hybridized carbons (Fsp3) is 0.188. The molecular weight excluding hydrogens is 333 g/mol. The largest absolute Gasteiger partial charge is 0.304 e. The van der Waals surface area contributed by atoms with Crippen molar-refractivity contribution in [2.24, 2.45) is 7.05 Å². The minimum absolute atomic E-state index is 0.171. The molecule has 2 aromatic heterocycles. The molecule has 0 fully saturated rings. The van der Waals surface area contributed by atoms with Crippen LogP contribution in [-0.2, 0) is 13.6 Å². The zero-order valence-corrected chi connectivity index (χ0v) is 13.9. The number of nitrogens with one attached hydrogen (secondary N) is 1. The van der Waals surface area contributed by atoms with Crippen molar-refractivity contribution in [1.29, 1.82) is 0 Å². The van der Waals surface area contributed by atoms with Crippen molar-refractivity contribution in [3.63, 3.8) is 0 Å². The summed E-state index contributed by atoms with van der Waals surface area (Å²) in [5, 5.41) is 11.3. The van der Waals surface area contributed by atoms with Crippen molar-refractivity contribution in [1.82, 2.24) is 19.6 Å². The van der Waals surface area contributed by atoms with E-state index in [0.717, 1.165) is 5.69 Å². The van der Waals surface area contributed by atoms with Crippen LogP contribution < -0.4 is 5.32 Å². The Morgan fingerprint density at radius 1 is 1.33 bits per heavy atom. The highest BCUT2D eigenvalue weighted by atomic mass is 35.5. The van der Waals surface area contributed by atoms with Crippen LogP contribution in [0.15, 0.2) is 36.5 Å². The third kappa shape index (κ3) is 3.30. The Morgan fingerprint density at radius 2 is 2.12 bits per heavy atom. The van der Waals surface area contributed by atoms with Crippen LogP contribution in [-0.4, -0.2) is 25.5 Å². The summed E-state index contributed by atoms with van der Waals surface area (Å²) in [6, 6.07) is 7.82. The maximum atomic E-state index is 13.8. The van der Waals surface area contributed by atoms with Crippen molar-refractivity contribution in [3.05, 3.63) is 64.3 Å². The van der Waals surface area contributed by atoms with E-state index >= 15 is 0 Å². The first-order valence-electron chi connectivity index (χ1n) is 7.22. The minimum Gasteiger partial charge on any atom is -0.304 e. The van der Waals surface area contributed by atoms with E-state index in [-0.39, 0.29) is 12.5 Å². The fourth-order valence-electron chi connectivity index (χ4n) is 2.21. The number of carbonyl (C=O) groups is 1. The standard InChI is InChI=1S/C16H15ClFN5O/c1-10-8-14(20-22(10)2)16(24)19-15-6-7-23(21-15)9-11-12(17)4-3-5-13(11)18/h3-8H,9H2,1-2H3,(H,19,21,24). The molecule has 0 aliphatic rings. The lowest BCUT2D eigenvalue weighted by atomic mass is 10.2. The molecule has 0 bridgehead atoms. The predicted octanol–water partition coefficient (Wildman–Crippen LogP) is 3.02. The second-order valence-corrected chi connectivity index (χ2v) is 5.75. The van der Waals surface area contributed by atoms with Crippen LogP contribution in [0.2, 0.25) is 5.02 Å². The molecular formula is C16H15ClFN5O. The summed E-state index contributed by atoms with van der Waals surface area (Å²) in [6.07, 6.45) is 1.64. The van der Waals surface area contributed by atoms with Gasteiger partial charge in [-0.15, -0.1) is 0 Å². The fourth-order valence-corrected chi connectivity index (χ4v) is 2.44. The SMILES string of the molecule is Cc1cc(C(=O)Nc2ccn(Cc3c(F)cccc3Cl)n2)nn1C. The molecule has 0 aliphatic carbocycles. The zero-order valence-electron chi connectivity index (χ0n) is 13.1. The first-order chi connectivity index (χ1) is 11.4. The number of nitrogens with zero attached hydrogens (tertiary/aromatic N) is 4. The number of aryl methyl sites for hydroxylation is 2. The van der Waals surface area contributed by atoms with Gasteiger partial charge in [-0.05, 0) is 25.1 Å². The number of hydrogen-bond acceptors (Lipinski definition) is 3. The van der Waals surface area contributed by atoms with Gasteiger partial charge in [-0.1, -0.05) is 17.7 Å². The summed E-state index contributed by atoms with van der Waals surface area (Å²) >= 11 is 6.01. The molecule has 24 heavy (non-hydrogen) atoms. The van der Waals surface area contributed by atoms with Gasteiger partial charge in [0.05, 0.1) is 6.54 Å². The molecule has 6 nitrogen and oxygen atoms in total. The molecule has 2 heterocycles. The van der Waals surface area contributed by atoms with Gasteiger partial charge in [0.2, 0.25) is 0 Å². The minimum atomic E-state index is -0.396. The van der Waals surface area contributed by atoms with Gasteiger partial charge in [0, 0.05) is 35.6 Å². The van der Waals surface area contributed by atoms with Crippen molar-refractivity contribution in [2.45, 2.75) is 13.5 Å². The van der Waals surface area contributed by atoms with Gasteiger partial charge in [-0.3, -0.25) is 14.2 Å². The molecule has 0 aliphatic heterocycles. The molecule has 1 amide bonds. The summed E-state index contributed by atoms with van der Waals surface area (Å²) in [6.45, 7) is 2.03. The molecule has 0 radical (unpaired) electrons. The monoisotopic (exact) mass is 347 g/mol. The number of rotatable bonds is 4. The van der Waals surface area contributed by atoms with Crippen LogP contribution in [0, 0.1) is 12.7 Å². The Bertz CT molecular complexity index is 862. The second kappa shape index (κ2) is 6.45. The number of aromatic nitrogens is 4. The third-order valence-corrected chi connectivity index (χ3v) is 3.96. The van der Waals surface area contributed by atoms with Crippen LogP contribution in [0.5, 0.6) is 0 Å². The molecule has 0 saturated carbocycles. The van der Waals surface area contributed by atoms with Crippen LogP contribution in [0.25, 0.3) is 0 Å². The highest BCUT2D eigenvalue weighted by Crippen LogP contribution is 2.20. The van der Waals surface area contributed by atoms with Crippen molar-refractivity contribution >= 4 is 23.3 Å². The molecule has 1 aromatic carbocycles. The quantitative estimate of drug-likeness (QED) is 0.789. The number of anilines is 1. The van der Waals surface area contributed by atoms with E-state index in [1.54, 1.807) is 42.2 Å². The average Bonchev–Trinajstić information content (AvgIpc) is 3.10. The van der Waals surface area contributed by atoms with Gasteiger partial charge in [0.15, 0.2) is 11.5 Å².